The first-order valence-corrected chi connectivity index (χ1v) is 2.20. The van der Waals surface area contributed by atoms with Gasteiger partial charge in [-0.25, -0.2) is 4.21 Å². The Kier molecular flexibility index (Phi) is 5.13. The number of aliphatic hydroxyl groups is 1. The summed E-state index contributed by atoms with van der Waals surface area (Å²) < 4.78 is 13.5. The summed E-state index contributed by atoms with van der Waals surface area (Å²) in [7, 11) is 0. The molecule has 0 aliphatic rings. The van der Waals surface area contributed by atoms with Crippen LogP contribution in [-0.2, 0) is 16.1 Å². The third-order valence-corrected chi connectivity index (χ3v) is 0.523. The molecule has 6 heavy (non-hydrogen) atoms. The Hall–Kier alpha value is 0.0700. The Morgan fingerprint density at radius 2 is 2.50 bits per heavy atom. The quantitative estimate of drug-likeness (QED) is 0.356. The summed E-state index contributed by atoms with van der Waals surface area (Å²) in [5, 5.41) is 7.93. The molecule has 3 nitrogen and oxygen atoms in total. The van der Waals surface area contributed by atoms with Gasteiger partial charge in [0.2, 0.25) is 0 Å². The molecule has 0 aromatic carbocycles. The van der Waals surface area contributed by atoms with Crippen LogP contribution in [0.4, 0.5) is 0 Å². The second kappa shape index (κ2) is 5.07. The Morgan fingerprint density at radius 3 is 2.67 bits per heavy atom. The molecule has 0 saturated carbocycles. The Morgan fingerprint density at radius 1 is 1.83 bits per heavy atom. The molecule has 0 aromatic rings. The second-order valence-electron chi connectivity index (χ2n) is 0.631. The molecule has 0 aliphatic carbocycles. The predicted octanol–water partition coefficient (Wildman–Crippen LogP) is -1.14. The molecule has 0 heterocycles. The first-order valence-electron chi connectivity index (χ1n) is 1.47. The summed E-state index contributed by atoms with van der Waals surface area (Å²) in [6.45, 7) is 0.0697. The second-order valence-corrected chi connectivity index (χ2v) is 1.04. The largest absolute Gasteiger partial charge is 0.394 e. The van der Waals surface area contributed by atoms with Crippen molar-refractivity contribution in [2.45, 2.75) is 0 Å². The van der Waals surface area contributed by atoms with E-state index in [2.05, 4.69) is 4.18 Å². The highest BCUT2D eigenvalue weighted by atomic mass is 32.2. The van der Waals surface area contributed by atoms with Gasteiger partial charge in [-0.15, -0.1) is 0 Å². The van der Waals surface area contributed by atoms with Crippen molar-refractivity contribution in [1.82, 2.24) is 0 Å². The molecule has 0 aromatic heterocycles. The van der Waals surface area contributed by atoms with Gasteiger partial charge >= 0.3 is 0 Å². The molecule has 0 rings (SSSR count). The summed E-state index contributed by atoms with van der Waals surface area (Å²) in [4.78, 5) is 0. The zero-order chi connectivity index (χ0) is 4.83. The normalized spacial score (nSPS) is 8.83. The number of aliphatic hydroxyl groups excluding tert-OH is 1. The maximum Gasteiger partial charge on any atom is 0.142 e. The van der Waals surface area contributed by atoms with Crippen LogP contribution in [0.2, 0.25) is 0 Å². The highest BCUT2D eigenvalue weighted by Crippen LogP contribution is 1.62. The van der Waals surface area contributed by atoms with E-state index in [-0.39, 0.29) is 25.2 Å². The van der Waals surface area contributed by atoms with Crippen LogP contribution in [0.15, 0.2) is 0 Å². The van der Waals surface area contributed by atoms with Gasteiger partial charge in [0, 0.05) is 0 Å². The number of rotatable bonds is 3. The van der Waals surface area contributed by atoms with Crippen LogP contribution in [0, 0.1) is 0 Å². The molecule has 0 saturated heterocycles. The third kappa shape index (κ3) is 4.07. The average molecular weight is 110 g/mol. The van der Waals surface area contributed by atoms with Crippen molar-refractivity contribution in [2.75, 3.05) is 13.2 Å². The molecule has 0 radical (unpaired) electrons. The van der Waals surface area contributed by atoms with E-state index in [4.69, 9.17) is 5.11 Å². The average Bonchev–Trinajstić information content (AvgIpc) is 1.61. The molecule has 0 unspecified atom stereocenters. The third-order valence-electron chi connectivity index (χ3n) is 0.235. The fourth-order valence-electron chi connectivity index (χ4n) is 0.0781. The van der Waals surface area contributed by atoms with Crippen molar-refractivity contribution in [2.24, 2.45) is 0 Å². The van der Waals surface area contributed by atoms with Crippen molar-refractivity contribution >= 4 is 11.9 Å². The monoisotopic (exact) mass is 110 g/mol. The molecule has 0 spiro atoms. The van der Waals surface area contributed by atoms with E-state index >= 15 is 0 Å². The smallest absolute Gasteiger partial charge is 0.142 e. The van der Waals surface area contributed by atoms with Crippen LogP contribution in [0.1, 0.15) is 0 Å². The zero-order valence-corrected chi connectivity index (χ0v) is 4.02. The number of hydrogen-bond acceptors (Lipinski definition) is 3. The lowest BCUT2D eigenvalue weighted by Crippen LogP contribution is -1.92. The molecule has 0 bridgehead atoms. The van der Waals surface area contributed by atoms with Crippen molar-refractivity contribution < 1.29 is 13.5 Å². The molecule has 0 amide bonds. The predicted molar refractivity (Wildman–Crippen MR) is 22.6 cm³/mol. The minimum atomic E-state index is -0.365. The summed E-state index contributed by atoms with van der Waals surface area (Å²) in [5.41, 5.74) is 0. The lowest BCUT2D eigenvalue weighted by Gasteiger charge is -1.82. The Balaban J connectivity index is 2.49. The molecule has 0 atom stereocenters. The van der Waals surface area contributed by atoms with Gasteiger partial charge < -0.3 is 5.11 Å². The summed E-state index contributed by atoms with van der Waals surface area (Å²) in [5.74, 6) is 0. The van der Waals surface area contributed by atoms with Gasteiger partial charge in [0.25, 0.3) is 0 Å². The molecule has 4 heteroatoms. The van der Waals surface area contributed by atoms with Crippen LogP contribution in [0.3, 0.4) is 0 Å². The maximum absolute atomic E-state index is 9.33. The molecular formula is C2H6O3S. The van der Waals surface area contributed by atoms with Crippen LogP contribution in [-0.4, -0.2) is 22.5 Å². The van der Waals surface area contributed by atoms with Crippen LogP contribution in [0.25, 0.3) is 0 Å². The highest BCUT2D eigenvalue weighted by molar-refractivity contribution is 7.60. The van der Waals surface area contributed by atoms with Crippen molar-refractivity contribution in [3.63, 3.8) is 0 Å². The highest BCUT2D eigenvalue weighted by Gasteiger charge is 1.73. The van der Waals surface area contributed by atoms with E-state index in [0.29, 0.717) is 0 Å². The fourth-order valence-corrected chi connectivity index (χ4v) is 0.234. The fraction of sp³-hybridized carbons (Fsp3) is 1.00. The SMILES string of the molecule is O=[SH]OCCO. The van der Waals surface area contributed by atoms with E-state index in [1.54, 1.807) is 0 Å². The van der Waals surface area contributed by atoms with Gasteiger partial charge in [-0.2, -0.15) is 0 Å². The van der Waals surface area contributed by atoms with Gasteiger partial charge in [0.1, 0.15) is 11.9 Å². The molecule has 38 valence electrons. The van der Waals surface area contributed by atoms with Crippen molar-refractivity contribution in [1.29, 1.82) is 0 Å². The number of hydrogen-bond donors (Lipinski definition) is 2. The molecular weight excluding hydrogens is 104 g/mol. The number of thiol groups is 1. The van der Waals surface area contributed by atoms with Crippen molar-refractivity contribution in [3.05, 3.63) is 0 Å². The van der Waals surface area contributed by atoms with Gasteiger partial charge in [0.15, 0.2) is 0 Å². The van der Waals surface area contributed by atoms with E-state index < -0.39 is 0 Å². The maximum atomic E-state index is 9.33. The summed E-state index contributed by atoms with van der Waals surface area (Å²) >= 11 is -0.365. The standard InChI is InChI=1S/C2H6O3S/c3-1-2-5-6-4/h3,6H,1-2H2. The van der Waals surface area contributed by atoms with E-state index in [1.807, 2.05) is 0 Å². The summed E-state index contributed by atoms with van der Waals surface area (Å²) in [6, 6.07) is 0. The van der Waals surface area contributed by atoms with Gasteiger partial charge in [-0.05, 0) is 0 Å². The first kappa shape index (κ1) is 6.07. The van der Waals surface area contributed by atoms with E-state index in [1.165, 1.54) is 0 Å². The molecule has 0 aliphatic heterocycles. The van der Waals surface area contributed by atoms with Crippen LogP contribution in [0.5, 0.6) is 0 Å². The minimum absolute atomic E-state index is 0.0742. The zero-order valence-electron chi connectivity index (χ0n) is 3.13. The Bertz CT molecular complexity index is 37.8. The van der Waals surface area contributed by atoms with Crippen LogP contribution >= 0.6 is 0 Å². The minimum Gasteiger partial charge on any atom is -0.394 e. The Labute approximate surface area is 39.6 Å². The molecule has 0 fully saturated rings. The van der Waals surface area contributed by atoms with E-state index in [0.717, 1.165) is 0 Å². The lowest BCUT2D eigenvalue weighted by molar-refractivity contribution is 0.217. The lowest BCUT2D eigenvalue weighted by atomic mass is 10.8. The molecule has 1 N–H and O–H groups in total. The van der Waals surface area contributed by atoms with Gasteiger partial charge in [0.05, 0.1) is 13.2 Å². The van der Waals surface area contributed by atoms with Gasteiger partial charge in [-0.3, -0.25) is 4.18 Å². The first-order chi connectivity index (χ1) is 2.91. The van der Waals surface area contributed by atoms with Gasteiger partial charge in [-0.1, -0.05) is 0 Å². The van der Waals surface area contributed by atoms with Crippen molar-refractivity contribution in [3.8, 4) is 0 Å². The topological polar surface area (TPSA) is 46.5 Å². The van der Waals surface area contributed by atoms with Crippen LogP contribution < -0.4 is 0 Å². The summed E-state index contributed by atoms with van der Waals surface area (Å²) in [6.07, 6.45) is 0. The van der Waals surface area contributed by atoms with E-state index in [9.17, 15) is 4.21 Å².